The molecule has 1 heterocycles. The zero-order valence-corrected chi connectivity index (χ0v) is 25.0. The number of rotatable bonds is 9. The lowest BCUT2D eigenvalue weighted by atomic mass is 9.72. The van der Waals surface area contributed by atoms with E-state index in [9.17, 15) is 19.8 Å². The number of benzene rings is 2. The Hall–Kier alpha value is -2.55. The van der Waals surface area contributed by atoms with Crippen LogP contribution in [0, 0.1) is 18.8 Å². The molecule has 1 aliphatic heterocycles. The Morgan fingerprint density at radius 2 is 1.75 bits per heavy atom. The normalized spacial score (nSPS) is 23.1. The zero-order valence-electron chi connectivity index (χ0n) is 24.2. The minimum atomic E-state index is -0.739. The van der Waals surface area contributed by atoms with Crippen LogP contribution in [0.2, 0.25) is 0 Å². The summed E-state index contributed by atoms with van der Waals surface area (Å²) in [7, 11) is 0. The number of likely N-dealkylation sites (tertiary alicyclic amines) is 1. The second-order valence-corrected chi connectivity index (χ2v) is 13.8. The summed E-state index contributed by atoms with van der Waals surface area (Å²) < 4.78 is 0. The molecule has 1 saturated carbocycles. The minimum absolute atomic E-state index is 0.0339. The monoisotopic (exact) mass is 567 g/mol. The van der Waals surface area contributed by atoms with Gasteiger partial charge in [-0.05, 0) is 76.6 Å². The van der Waals surface area contributed by atoms with E-state index in [-0.39, 0.29) is 29.1 Å². The molecule has 4 rings (SSSR count). The number of phenolic OH excluding ortho intramolecular Hbond substituents is 1. The van der Waals surface area contributed by atoms with Crippen molar-refractivity contribution in [2.75, 3.05) is 13.1 Å². The third kappa shape index (κ3) is 8.24. The van der Waals surface area contributed by atoms with Gasteiger partial charge in [-0.3, -0.25) is 14.5 Å². The molecule has 0 aromatic heterocycles. The second-order valence-electron chi connectivity index (χ2n) is 12.5. The lowest BCUT2D eigenvalue weighted by molar-refractivity contribution is -0.132. The van der Waals surface area contributed by atoms with Gasteiger partial charge in [-0.1, -0.05) is 43.5 Å². The molecule has 1 aliphatic carbocycles. The molecule has 8 heteroatoms. The number of nitrogens with one attached hydrogen (secondary N) is 2. The van der Waals surface area contributed by atoms with Crippen molar-refractivity contribution in [2.24, 2.45) is 11.8 Å². The van der Waals surface area contributed by atoms with Crippen molar-refractivity contribution < 1.29 is 19.8 Å². The van der Waals surface area contributed by atoms with Crippen LogP contribution in [0.3, 0.4) is 0 Å². The van der Waals surface area contributed by atoms with Crippen LogP contribution in [0.5, 0.6) is 5.75 Å². The highest BCUT2D eigenvalue weighted by Gasteiger charge is 2.41. The number of nitrogens with zero attached hydrogens (tertiary/aromatic N) is 1. The molecule has 2 amide bonds. The van der Waals surface area contributed by atoms with Crippen LogP contribution in [-0.4, -0.2) is 63.1 Å². The van der Waals surface area contributed by atoms with Crippen LogP contribution in [-0.2, 0) is 4.79 Å². The molecule has 218 valence electrons. The van der Waals surface area contributed by atoms with Gasteiger partial charge in [-0.25, -0.2) is 0 Å². The van der Waals surface area contributed by atoms with Crippen LogP contribution in [0.25, 0.3) is 0 Å². The SMILES string of the molecule is Cc1c(O)cccc1C(=O)NC(C[C@H](O)CN1CC2CCCCC2CC1C(=O)NC(C)(C)C)Sc1ccccc1. The first-order valence-corrected chi connectivity index (χ1v) is 15.4. The van der Waals surface area contributed by atoms with Crippen LogP contribution >= 0.6 is 11.8 Å². The van der Waals surface area contributed by atoms with Crippen molar-refractivity contribution >= 4 is 23.6 Å². The van der Waals surface area contributed by atoms with Gasteiger partial charge in [0.1, 0.15) is 5.75 Å². The number of aromatic hydroxyl groups is 1. The maximum absolute atomic E-state index is 13.4. The number of fused-ring (bicyclic) bond motifs is 1. The highest BCUT2D eigenvalue weighted by Crippen LogP contribution is 2.39. The van der Waals surface area contributed by atoms with Crippen molar-refractivity contribution in [3.63, 3.8) is 0 Å². The number of aliphatic hydroxyl groups excluding tert-OH is 1. The van der Waals surface area contributed by atoms with Gasteiger partial charge < -0.3 is 20.8 Å². The molecule has 7 nitrogen and oxygen atoms in total. The molecular weight excluding hydrogens is 522 g/mol. The Labute approximate surface area is 243 Å². The molecule has 0 bridgehead atoms. The minimum Gasteiger partial charge on any atom is -0.508 e. The number of β-amino-alcohol motifs (C(OH)–C–C–N with tert-alkyl or cyclic N) is 1. The number of aliphatic hydroxyl groups is 1. The number of piperidine rings is 1. The van der Waals surface area contributed by atoms with Crippen LogP contribution in [0.15, 0.2) is 53.4 Å². The summed E-state index contributed by atoms with van der Waals surface area (Å²) in [4.78, 5) is 29.8. The van der Waals surface area contributed by atoms with Gasteiger partial charge in [-0.15, -0.1) is 11.8 Å². The molecule has 2 aromatic carbocycles. The fourth-order valence-corrected chi connectivity index (χ4v) is 7.24. The number of phenols is 1. The first kappa shape index (κ1) is 30.4. The molecule has 4 N–H and O–H groups in total. The predicted molar refractivity (Wildman–Crippen MR) is 160 cm³/mol. The maximum Gasteiger partial charge on any atom is 0.252 e. The summed E-state index contributed by atoms with van der Waals surface area (Å²) in [6, 6.07) is 14.5. The number of amides is 2. The van der Waals surface area contributed by atoms with E-state index in [0.717, 1.165) is 17.9 Å². The number of carbonyl (C=O) groups is 2. The van der Waals surface area contributed by atoms with Crippen LogP contribution in [0.1, 0.15) is 75.2 Å². The van der Waals surface area contributed by atoms with E-state index in [1.807, 2.05) is 51.1 Å². The van der Waals surface area contributed by atoms with E-state index in [2.05, 4.69) is 15.5 Å². The van der Waals surface area contributed by atoms with E-state index < -0.39 is 11.5 Å². The first-order valence-electron chi connectivity index (χ1n) is 14.6. The summed E-state index contributed by atoms with van der Waals surface area (Å²) in [6.45, 7) is 8.90. The Morgan fingerprint density at radius 3 is 2.45 bits per heavy atom. The molecule has 0 spiro atoms. The molecule has 40 heavy (non-hydrogen) atoms. The topological polar surface area (TPSA) is 102 Å². The third-order valence-electron chi connectivity index (χ3n) is 8.10. The van der Waals surface area contributed by atoms with E-state index >= 15 is 0 Å². The summed E-state index contributed by atoms with van der Waals surface area (Å²) in [5.41, 5.74) is 0.606. The Balaban J connectivity index is 1.49. The number of carbonyl (C=O) groups excluding carboxylic acids is 2. The quantitative estimate of drug-likeness (QED) is 0.249. The Bertz CT molecular complexity index is 1150. The summed E-state index contributed by atoms with van der Waals surface area (Å²) in [6.07, 6.45) is 5.22. The molecule has 2 aliphatic rings. The summed E-state index contributed by atoms with van der Waals surface area (Å²) in [5.74, 6) is 0.934. The van der Waals surface area contributed by atoms with Crippen molar-refractivity contribution in [3.8, 4) is 5.75 Å². The van der Waals surface area contributed by atoms with Crippen molar-refractivity contribution in [1.29, 1.82) is 0 Å². The molecule has 5 atom stereocenters. The van der Waals surface area contributed by atoms with Crippen molar-refractivity contribution in [1.82, 2.24) is 15.5 Å². The second kappa shape index (κ2) is 13.4. The van der Waals surface area contributed by atoms with E-state index in [1.165, 1.54) is 37.4 Å². The Morgan fingerprint density at radius 1 is 1.05 bits per heavy atom. The zero-order chi connectivity index (χ0) is 28.9. The predicted octanol–water partition coefficient (Wildman–Crippen LogP) is 5.10. The average Bonchev–Trinajstić information content (AvgIpc) is 2.89. The molecule has 2 fully saturated rings. The Kier molecular flexibility index (Phi) is 10.2. The third-order valence-corrected chi connectivity index (χ3v) is 9.24. The standard InChI is InChI=1S/C32H45N3O4S/c1-21-26(15-10-16-28(21)37)30(38)33-29(40-25-13-6-5-7-14-25)18-24(36)20-35-19-23-12-9-8-11-22(23)17-27(35)31(39)34-32(2,3)4/h5-7,10,13-16,22-24,27,29,36-37H,8-9,11-12,17-20H2,1-4H3,(H,33,38)(H,34,39)/t22?,23?,24-,27?,29?/m0/s1. The summed E-state index contributed by atoms with van der Waals surface area (Å²) >= 11 is 1.49. The number of thioether (sulfide) groups is 1. The molecule has 2 aromatic rings. The molecule has 0 radical (unpaired) electrons. The van der Waals surface area contributed by atoms with Gasteiger partial charge in [0.05, 0.1) is 17.5 Å². The van der Waals surface area contributed by atoms with Gasteiger partial charge in [-0.2, -0.15) is 0 Å². The van der Waals surface area contributed by atoms with Crippen molar-refractivity contribution in [2.45, 2.75) is 94.2 Å². The van der Waals surface area contributed by atoms with Gasteiger partial charge >= 0.3 is 0 Å². The molecule has 1 saturated heterocycles. The van der Waals surface area contributed by atoms with E-state index in [4.69, 9.17) is 0 Å². The van der Waals surface area contributed by atoms with Crippen molar-refractivity contribution in [3.05, 3.63) is 59.7 Å². The average molecular weight is 568 g/mol. The highest BCUT2D eigenvalue weighted by atomic mass is 32.2. The van der Waals surface area contributed by atoms with Gasteiger partial charge in [0.15, 0.2) is 0 Å². The van der Waals surface area contributed by atoms with Crippen LogP contribution in [0.4, 0.5) is 0 Å². The highest BCUT2D eigenvalue weighted by molar-refractivity contribution is 8.00. The van der Waals surface area contributed by atoms with Gasteiger partial charge in [0.2, 0.25) is 5.91 Å². The number of hydrogen-bond donors (Lipinski definition) is 4. The van der Waals surface area contributed by atoms with Gasteiger partial charge in [0, 0.05) is 41.1 Å². The number of hydrogen-bond acceptors (Lipinski definition) is 6. The molecule has 4 unspecified atom stereocenters. The van der Waals surface area contributed by atoms with Gasteiger partial charge in [0.25, 0.3) is 5.91 Å². The molecular formula is C32H45N3O4S. The lowest BCUT2D eigenvalue weighted by Crippen LogP contribution is -2.58. The smallest absolute Gasteiger partial charge is 0.252 e. The van der Waals surface area contributed by atoms with E-state index in [0.29, 0.717) is 35.9 Å². The lowest BCUT2D eigenvalue weighted by Gasteiger charge is -2.46. The van der Waals surface area contributed by atoms with Crippen LogP contribution < -0.4 is 10.6 Å². The maximum atomic E-state index is 13.4. The fourth-order valence-electron chi connectivity index (χ4n) is 6.11. The largest absolute Gasteiger partial charge is 0.508 e. The van der Waals surface area contributed by atoms with E-state index in [1.54, 1.807) is 25.1 Å². The fraction of sp³-hybridized carbons (Fsp3) is 0.562. The summed E-state index contributed by atoms with van der Waals surface area (Å²) in [5, 5.41) is 27.3. The first-order chi connectivity index (χ1) is 19.0.